The molecule has 0 saturated heterocycles. The van der Waals surface area contributed by atoms with Crippen molar-refractivity contribution in [2.24, 2.45) is 0 Å². The van der Waals surface area contributed by atoms with Gasteiger partial charge in [-0.15, -0.1) is 11.3 Å². The van der Waals surface area contributed by atoms with Gasteiger partial charge < -0.3 is 4.90 Å². The highest BCUT2D eigenvalue weighted by Crippen LogP contribution is 2.37. The maximum atomic E-state index is 12.6. The van der Waals surface area contributed by atoms with E-state index in [0.717, 1.165) is 11.3 Å². The van der Waals surface area contributed by atoms with Gasteiger partial charge in [-0.1, -0.05) is 35.9 Å². The summed E-state index contributed by atoms with van der Waals surface area (Å²) in [4.78, 5) is 32.6. The number of fused-ring (bicyclic) bond motifs is 1. The first kappa shape index (κ1) is 18.4. The molecule has 2 heterocycles. The summed E-state index contributed by atoms with van der Waals surface area (Å²) < 4.78 is 0. The molecule has 5 nitrogen and oxygen atoms in total. The van der Waals surface area contributed by atoms with Crippen molar-refractivity contribution in [1.29, 1.82) is 0 Å². The van der Waals surface area contributed by atoms with Crippen molar-refractivity contribution in [3.63, 3.8) is 0 Å². The Labute approximate surface area is 171 Å². The van der Waals surface area contributed by atoms with Crippen LogP contribution in [0.2, 0.25) is 5.02 Å². The lowest BCUT2D eigenvalue weighted by atomic mass is 10.1. The molecule has 1 aliphatic heterocycles. The molecule has 0 fully saturated rings. The number of benzene rings is 2. The van der Waals surface area contributed by atoms with Gasteiger partial charge in [0, 0.05) is 29.9 Å². The van der Waals surface area contributed by atoms with Gasteiger partial charge in [-0.3, -0.25) is 14.5 Å². The molecule has 7 heteroatoms. The molecular weight excluding hydrogens is 394 g/mol. The molecule has 4 rings (SSSR count). The summed E-state index contributed by atoms with van der Waals surface area (Å²) in [6.07, 6.45) is 1.76. The minimum absolute atomic E-state index is 0.0750. The number of anilines is 3. The number of carbonyl (C=O) groups excluding carboxylic acids is 2. The van der Waals surface area contributed by atoms with Gasteiger partial charge in [-0.25, -0.2) is 4.98 Å². The quantitative estimate of drug-likeness (QED) is 0.572. The lowest BCUT2D eigenvalue weighted by molar-refractivity contribution is -0.116. The van der Waals surface area contributed by atoms with E-state index in [-0.39, 0.29) is 11.8 Å². The zero-order chi connectivity index (χ0) is 19.8. The molecule has 0 radical (unpaired) electrons. The van der Waals surface area contributed by atoms with E-state index in [1.165, 1.54) is 23.2 Å². The summed E-state index contributed by atoms with van der Waals surface area (Å²) in [6.45, 7) is 1.48. The Morgan fingerprint density at radius 1 is 1.21 bits per heavy atom. The Hall–Kier alpha value is -2.96. The third-order valence-corrected chi connectivity index (χ3v) is 5.54. The fourth-order valence-electron chi connectivity index (χ4n) is 3.17. The third kappa shape index (κ3) is 3.21. The second-order valence-electron chi connectivity index (χ2n) is 6.33. The van der Waals surface area contributed by atoms with Crippen LogP contribution in [-0.4, -0.2) is 23.8 Å². The molecule has 0 N–H and O–H groups in total. The standard InChI is InChI=1S/C21H16ClN3O2S/c1-13(26)25(16-7-5-6-14(22)10-16)21-23-15(12-28-21)11-18-17-8-3-4-9-19(17)24(2)20(18)27/h3-12H,1-2H3/b18-11-. The molecule has 0 unspecified atom stereocenters. The number of rotatable bonds is 3. The summed E-state index contributed by atoms with van der Waals surface area (Å²) in [5.74, 6) is -0.244. The monoisotopic (exact) mass is 409 g/mol. The number of para-hydroxylation sites is 1. The van der Waals surface area contributed by atoms with Crippen LogP contribution in [0.4, 0.5) is 16.5 Å². The van der Waals surface area contributed by atoms with Crippen molar-refractivity contribution in [2.75, 3.05) is 16.8 Å². The van der Waals surface area contributed by atoms with Crippen LogP contribution in [0, 0.1) is 0 Å². The maximum absolute atomic E-state index is 12.6. The van der Waals surface area contributed by atoms with E-state index in [4.69, 9.17) is 11.6 Å². The highest BCUT2D eigenvalue weighted by molar-refractivity contribution is 7.14. The molecule has 0 atom stereocenters. The third-order valence-electron chi connectivity index (χ3n) is 4.47. The smallest absolute Gasteiger partial charge is 0.258 e. The fourth-order valence-corrected chi connectivity index (χ4v) is 4.20. The average Bonchev–Trinajstić information content (AvgIpc) is 3.21. The highest BCUT2D eigenvalue weighted by atomic mass is 35.5. The highest BCUT2D eigenvalue weighted by Gasteiger charge is 2.29. The summed E-state index contributed by atoms with van der Waals surface area (Å²) in [5.41, 5.74) is 3.62. The Morgan fingerprint density at radius 3 is 2.75 bits per heavy atom. The normalized spacial score (nSPS) is 14.5. The molecule has 3 aromatic rings. The number of hydrogen-bond acceptors (Lipinski definition) is 4. The van der Waals surface area contributed by atoms with Crippen molar-refractivity contribution in [1.82, 2.24) is 4.98 Å². The largest absolute Gasteiger partial charge is 0.311 e. The second kappa shape index (κ2) is 7.22. The summed E-state index contributed by atoms with van der Waals surface area (Å²) >= 11 is 7.41. The van der Waals surface area contributed by atoms with Crippen molar-refractivity contribution in [3.05, 3.63) is 70.2 Å². The van der Waals surface area contributed by atoms with Crippen LogP contribution in [0.1, 0.15) is 18.2 Å². The van der Waals surface area contributed by atoms with Gasteiger partial charge in [-0.05, 0) is 30.3 Å². The summed E-state index contributed by atoms with van der Waals surface area (Å²) in [6, 6.07) is 14.7. The van der Waals surface area contributed by atoms with Gasteiger partial charge in [-0.2, -0.15) is 0 Å². The van der Waals surface area contributed by atoms with Crippen LogP contribution < -0.4 is 9.80 Å². The lowest BCUT2D eigenvalue weighted by Gasteiger charge is -2.18. The van der Waals surface area contributed by atoms with Gasteiger partial charge in [0.1, 0.15) is 0 Å². The molecule has 28 heavy (non-hydrogen) atoms. The van der Waals surface area contributed by atoms with Crippen molar-refractivity contribution < 1.29 is 9.59 Å². The number of carbonyl (C=O) groups is 2. The van der Waals surface area contributed by atoms with Gasteiger partial charge in [0.05, 0.1) is 22.6 Å². The number of aromatic nitrogens is 1. The summed E-state index contributed by atoms with van der Waals surface area (Å²) in [5, 5.41) is 2.89. The second-order valence-corrected chi connectivity index (χ2v) is 7.60. The van der Waals surface area contributed by atoms with Gasteiger partial charge in [0.15, 0.2) is 5.13 Å². The Kier molecular flexibility index (Phi) is 4.75. The SMILES string of the molecule is CC(=O)N(c1cccc(Cl)c1)c1nc(/C=C2\C(=O)N(C)c3ccccc32)cs1. The molecule has 0 aliphatic carbocycles. The average molecular weight is 410 g/mol. The molecule has 2 amide bonds. The van der Waals surface area contributed by atoms with Crippen molar-refractivity contribution >= 4 is 62.9 Å². The van der Waals surface area contributed by atoms with E-state index in [1.807, 2.05) is 29.6 Å². The zero-order valence-electron chi connectivity index (χ0n) is 15.2. The Morgan fingerprint density at radius 2 is 2.00 bits per heavy atom. The van der Waals surface area contributed by atoms with E-state index < -0.39 is 0 Å². The van der Waals surface area contributed by atoms with Crippen LogP contribution in [-0.2, 0) is 9.59 Å². The van der Waals surface area contributed by atoms with Crippen molar-refractivity contribution in [3.8, 4) is 0 Å². The van der Waals surface area contributed by atoms with E-state index in [9.17, 15) is 9.59 Å². The number of amides is 2. The van der Waals surface area contributed by atoms with Crippen LogP contribution >= 0.6 is 22.9 Å². The van der Waals surface area contributed by atoms with E-state index in [2.05, 4.69) is 4.98 Å². The topological polar surface area (TPSA) is 53.5 Å². The number of nitrogens with zero attached hydrogens (tertiary/aromatic N) is 3. The van der Waals surface area contributed by atoms with E-state index in [1.54, 1.807) is 42.3 Å². The number of likely N-dealkylation sites (N-methyl/N-ethyl adjacent to an activating group) is 1. The molecule has 1 aromatic heterocycles. The Bertz CT molecular complexity index is 1120. The van der Waals surface area contributed by atoms with Gasteiger partial charge >= 0.3 is 0 Å². The first-order valence-electron chi connectivity index (χ1n) is 8.56. The predicted molar refractivity (Wildman–Crippen MR) is 114 cm³/mol. The van der Waals surface area contributed by atoms with Crippen LogP contribution in [0.15, 0.2) is 53.9 Å². The predicted octanol–water partition coefficient (Wildman–Crippen LogP) is 5.00. The number of hydrogen-bond donors (Lipinski definition) is 0. The molecular formula is C21H16ClN3O2S. The minimum atomic E-state index is -0.169. The van der Waals surface area contributed by atoms with E-state index in [0.29, 0.717) is 27.1 Å². The summed E-state index contributed by atoms with van der Waals surface area (Å²) in [7, 11) is 1.76. The molecule has 2 aromatic carbocycles. The fraction of sp³-hybridized carbons (Fsp3) is 0.0952. The van der Waals surface area contributed by atoms with Crippen LogP contribution in [0.25, 0.3) is 11.6 Å². The molecule has 0 saturated carbocycles. The molecule has 140 valence electrons. The molecule has 0 bridgehead atoms. The van der Waals surface area contributed by atoms with Crippen LogP contribution in [0.5, 0.6) is 0 Å². The number of thiazole rings is 1. The van der Waals surface area contributed by atoms with Gasteiger partial charge in [0.2, 0.25) is 5.91 Å². The van der Waals surface area contributed by atoms with Crippen LogP contribution in [0.3, 0.4) is 0 Å². The Balaban J connectivity index is 1.72. The maximum Gasteiger partial charge on any atom is 0.258 e. The van der Waals surface area contributed by atoms with E-state index >= 15 is 0 Å². The first-order chi connectivity index (χ1) is 13.5. The number of halogens is 1. The zero-order valence-corrected chi connectivity index (χ0v) is 16.8. The molecule has 1 aliphatic rings. The minimum Gasteiger partial charge on any atom is -0.311 e. The molecule has 0 spiro atoms. The lowest BCUT2D eigenvalue weighted by Crippen LogP contribution is -2.22. The van der Waals surface area contributed by atoms with Gasteiger partial charge in [0.25, 0.3) is 5.91 Å². The van der Waals surface area contributed by atoms with Crippen molar-refractivity contribution in [2.45, 2.75) is 6.92 Å². The first-order valence-corrected chi connectivity index (χ1v) is 9.82.